The van der Waals surface area contributed by atoms with E-state index in [4.69, 9.17) is 15.0 Å². The molecule has 1 aliphatic rings. The molecular weight excluding hydrogens is 423 g/mol. The molecular formula is C15H20F3N3O5S2. The van der Waals surface area contributed by atoms with Crippen molar-refractivity contribution in [1.29, 1.82) is 0 Å². The molecule has 1 aliphatic heterocycles. The van der Waals surface area contributed by atoms with Gasteiger partial charge in [0, 0.05) is 43.4 Å². The molecule has 158 valence electrons. The smallest absolute Gasteiger partial charge is 0.481 e. The number of hydrogen-bond donors (Lipinski definition) is 3. The van der Waals surface area contributed by atoms with Crippen molar-refractivity contribution in [2.24, 2.45) is 5.92 Å². The van der Waals surface area contributed by atoms with Crippen molar-refractivity contribution in [3.63, 3.8) is 0 Å². The van der Waals surface area contributed by atoms with Crippen molar-refractivity contribution in [2.75, 3.05) is 18.1 Å². The van der Waals surface area contributed by atoms with Gasteiger partial charge >= 0.3 is 18.1 Å². The first-order valence-corrected chi connectivity index (χ1v) is 10.6. The van der Waals surface area contributed by atoms with Crippen molar-refractivity contribution in [2.45, 2.75) is 32.0 Å². The van der Waals surface area contributed by atoms with E-state index >= 15 is 0 Å². The summed E-state index contributed by atoms with van der Waals surface area (Å²) in [5, 5.41) is 18.6. The molecule has 0 saturated carbocycles. The van der Waals surface area contributed by atoms with Crippen LogP contribution in [0.5, 0.6) is 0 Å². The molecule has 0 aromatic carbocycles. The second-order valence-electron chi connectivity index (χ2n) is 5.61. The van der Waals surface area contributed by atoms with Crippen LogP contribution >= 0.6 is 21.6 Å². The fourth-order valence-electron chi connectivity index (χ4n) is 2.19. The number of halogens is 3. The molecule has 0 radical (unpaired) electrons. The highest BCUT2D eigenvalue weighted by Crippen LogP contribution is 2.21. The van der Waals surface area contributed by atoms with Crippen molar-refractivity contribution in [3.8, 4) is 0 Å². The van der Waals surface area contributed by atoms with E-state index < -0.39 is 18.1 Å². The van der Waals surface area contributed by atoms with Gasteiger partial charge in [0.05, 0.1) is 12.3 Å². The van der Waals surface area contributed by atoms with Gasteiger partial charge in [-0.1, -0.05) is 21.6 Å². The van der Waals surface area contributed by atoms with Gasteiger partial charge in [0.1, 0.15) is 5.82 Å². The SMILES string of the molecule is O=C(O)C(F)(F)F.O=C(O)CCSSCCNC(=O)C1CCc2nccn2C1. The van der Waals surface area contributed by atoms with E-state index in [9.17, 15) is 22.8 Å². The number of aliphatic carboxylic acids is 2. The summed E-state index contributed by atoms with van der Waals surface area (Å²) in [5.74, 6) is -0.953. The third-order valence-corrected chi connectivity index (χ3v) is 5.92. The zero-order valence-corrected chi connectivity index (χ0v) is 16.3. The Hall–Kier alpha value is -1.89. The summed E-state index contributed by atoms with van der Waals surface area (Å²) in [5.41, 5.74) is 0. The number of carbonyl (C=O) groups excluding carboxylic acids is 1. The Morgan fingerprint density at radius 2 is 1.89 bits per heavy atom. The standard InChI is InChI=1S/C13H19N3O3S2.C2HF3O2/c17-12(18)3-7-20-21-8-5-15-13(19)10-1-2-11-14-4-6-16(11)9-10;3-2(4,5)1(6)7/h4,6,10H,1-3,5,7-9H2,(H,15,19)(H,17,18);(H,6,7). The number of aryl methyl sites for hydroxylation is 1. The maximum absolute atomic E-state index is 12.1. The molecule has 0 saturated heterocycles. The van der Waals surface area contributed by atoms with Gasteiger partial charge in [-0.05, 0) is 6.42 Å². The number of alkyl halides is 3. The molecule has 1 amide bonds. The topological polar surface area (TPSA) is 122 Å². The lowest BCUT2D eigenvalue weighted by Crippen LogP contribution is -2.36. The maximum Gasteiger partial charge on any atom is 0.490 e. The number of carboxylic acids is 2. The molecule has 2 heterocycles. The minimum Gasteiger partial charge on any atom is -0.481 e. The summed E-state index contributed by atoms with van der Waals surface area (Å²) < 4.78 is 33.8. The first-order valence-electron chi connectivity index (χ1n) is 8.15. The van der Waals surface area contributed by atoms with E-state index in [2.05, 4.69) is 10.3 Å². The molecule has 1 aromatic heterocycles. The zero-order valence-electron chi connectivity index (χ0n) is 14.6. The van der Waals surface area contributed by atoms with E-state index in [0.29, 0.717) is 18.8 Å². The number of carbonyl (C=O) groups is 3. The van der Waals surface area contributed by atoms with Crippen molar-refractivity contribution >= 4 is 39.4 Å². The largest absolute Gasteiger partial charge is 0.490 e. The molecule has 0 bridgehead atoms. The number of nitrogens with one attached hydrogen (secondary N) is 1. The molecule has 0 aliphatic carbocycles. The monoisotopic (exact) mass is 443 g/mol. The Labute approximate surface area is 166 Å². The van der Waals surface area contributed by atoms with Crippen LogP contribution in [0.15, 0.2) is 12.4 Å². The maximum atomic E-state index is 12.1. The van der Waals surface area contributed by atoms with Crippen LogP contribution < -0.4 is 5.32 Å². The Morgan fingerprint density at radius 1 is 1.25 bits per heavy atom. The van der Waals surface area contributed by atoms with E-state index in [0.717, 1.165) is 24.4 Å². The normalized spacial score (nSPS) is 15.8. The lowest BCUT2D eigenvalue weighted by atomic mass is 9.98. The first kappa shape index (κ1) is 24.1. The van der Waals surface area contributed by atoms with E-state index in [1.54, 1.807) is 17.0 Å². The van der Waals surface area contributed by atoms with Gasteiger partial charge in [0.15, 0.2) is 0 Å². The predicted octanol–water partition coefficient (Wildman–Crippen LogP) is 2.05. The molecule has 8 nitrogen and oxygen atoms in total. The fourth-order valence-corrected chi connectivity index (χ4v) is 4.07. The molecule has 1 atom stereocenters. The van der Waals surface area contributed by atoms with Gasteiger partial charge in [-0.25, -0.2) is 9.78 Å². The van der Waals surface area contributed by atoms with Gasteiger partial charge in [0.25, 0.3) is 0 Å². The van der Waals surface area contributed by atoms with Crippen molar-refractivity contribution in [1.82, 2.24) is 14.9 Å². The first-order chi connectivity index (χ1) is 13.1. The second kappa shape index (κ2) is 11.8. The minimum atomic E-state index is -5.08. The minimum absolute atomic E-state index is 0.0244. The van der Waals surface area contributed by atoms with Gasteiger partial charge in [-0.2, -0.15) is 13.2 Å². The third-order valence-electron chi connectivity index (χ3n) is 3.52. The second-order valence-corrected chi connectivity index (χ2v) is 8.32. The Morgan fingerprint density at radius 3 is 2.50 bits per heavy atom. The van der Waals surface area contributed by atoms with E-state index in [1.807, 2.05) is 10.8 Å². The fraction of sp³-hybridized carbons (Fsp3) is 0.600. The number of nitrogens with zero attached hydrogens (tertiary/aromatic N) is 2. The zero-order chi connectivity index (χ0) is 21.2. The number of fused-ring (bicyclic) bond motifs is 1. The quantitative estimate of drug-likeness (QED) is 0.412. The van der Waals surface area contributed by atoms with Crippen LogP contribution in [0.1, 0.15) is 18.7 Å². The van der Waals surface area contributed by atoms with Crippen LogP contribution in [0.3, 0.4) is 0 Å². The van der Waals surface area contributed by atoms with E-state index in [1.165, 1.54) is 10.8 Å². The van der Waals surface area contributed by atoms with Crippen LogP contribution in [0.25, 0.3) is 0 Å². The van der Waals surface area contributed by atoms with Crippen LogP contribution in [0.2, 0.25) is 0 Å². The summed E-state index contributed by atoms with van der Waals surface area (Å²) in [4.78, 5) is 35.6. The van der Waals surface area contributed by atoms with Gasteiger partial charge < -0.3 is 20.1 Å². The molecule has 13 heteroatoms. The highest BCUT2D eigenvalue weighted by Gasteiger charge is 2.38. The van der Waals surface area contributed by atoms with Gasteiger partial charge in [0.2, 0.25) is 5.91 Å². The van der Waals surface area contributed by atoms with Crippen LogP contribution in [0.4, 0.5) is 13.2 Å². The van der Waals surface area contributed by atoms with Gasteiger partial charge in [-0.3, -0.25) is 9.59 Å². The van der Waals surface area contributed by atoms with Crippen molar-refractivity contribution < 1.29 is 37.8 Å². The lowest BCUT2D eigenvalue weighted by molar-refractivity contribution is -0.192. The summed E-state index contributed by atoms with van der Waals surface area (Å²) in [7, 11) is 3.13. The Balaban J connectivity index is 0.000000480. The third kappa shape index (κ3) is 9.35. The molecule has 3 N–H and O–H groups in total. The number of aromatic nitrogens is 2. The molecule has 0 fully saturated rings. The van der Waals surface area contributed by atoms with Crippen molar-refractivity contribution in [3.05, 3.63) is 18.2 Å². The molecule has 2 rings (SSSR count). The average Bonchev–Trinajstić information content (AvgIpc) is 3.07. The summed E-state index contributed by atoms with van der Waals surface area (Å²) in [6, 6.07) is 0. The summed E-state index contributed by atoms with van der Waals surface area (Å²) >= 11 is 0. The van der Waals surface area contributed by atoms with Gasteiger partial charge in [-0.15, -0.1) is 0 Å². The molecule has 0 spiro atoms. The number of carboxylic acid groups (broad SMARTS) is 2. The number of hydrogen-bond acceptors (Lipinski definition) is 6. The van der Waals surface area contributed by atoms with Crippen LogP contribution in [0, 0.1) is 5.92 Å². The predicted molar refractivity (Wildman–Crippen MR) is 97.9 cm³/mol. The lowest BCUT2D eigenvalue weighted by Gasteiger charge is -2.22. The average molecular weight is 443 g/mol. The number of imidazole rings is 1. The number of rotatable bonds is 8. The van der Waals surface area contributed by atoms with Crippen LogP contribution in [-0.2, 0) is 27.3 Å². The highest BCUT2D eigenvalue weighted by atomic mass is 33.1. The number of amides is 1. The molecule has 28 heavy (non-hydrogen) atoms. The van der Waals surface area contributed by atoms with E-state index in [-0.39, 0.29) is 18.2 Å². The molecule has 1 aromatic rings. The summed E-state index contributed by atoms with van der Waals surface area (Å²) in [6.07, 6.45) is 0.498. The highest BCUT2D eigenvalue weighted by molar-refractivity contribution is 8.76. The molecule has 1 unspecified atom stereocenters. The summed E-state index contributed by atoms with van der Waals surface area (Å²) in [6.45, 7) is 1.33. The Bertz CT molecular complexity index is 670. The van der Waals surface area contributed by atoms with Crippen LogP contribution in [-0.4, -0.2) is 61.8 Å². The Kier molecular flexibility index (Phi) is 10.2.